The van der Waals surface area contributed by atoms with Gasteiger partial charge in [-0.1, -0.05) is 6.07 Å². The van der Waals surface area contributed by atoms with Crippen molar-refractivity contribution in [3.8, 4) is 11.5 Å². The summed E-state index contributed by atoms with van der Waals surface area (Å²) in [4.78, 5) is 5.88. The average Bonchev–Trinajstić information content (AvgIpc) is 2.72. The number of aromatic nitrogens is 1. The second kappa shape index (κ2) is 9.46. The van der Waals surface area contributed by atoms with Gasteiger partial charge in [0.2, 0.25) is 0 Å². The van der Waals surface area contributed by atoms with E-state index in [1.165, 1.54) is 19.2 Å². The molecule has 0 radical (unpaired) electrons. The molecule has 3 rings (SSSR count). The van der Waals surface area contributed by atoms with E-state index in [4.69, 9.17) is 4.74 Å². The third-order valence-electron chi connectivity index (χ3n) is 4.93. The van der Waals surface area contributed by atoms with Crippen molar-refractivity contribution >= 4 is 5.82 Å². The molecular formula is C20H22F5N3O2. The van der Waals surface area contributed by atoms with Crippen molar-refractivity contribution in [3.05, 3.63) is 47.7 Å². The maximum absolute atomic E-state index is 12.7. The number of methoxy groups -OCH3 is 1. The quantitative estimate of drug-likeness (QED) is 0.656. The van der Waals surface area contributed by atoms with Gasteiger partial charge in [-0.05, 0) is 42.7 Å². The van der Waals surface area contributed by atoms with Crippen LogP contribution in [0.5, 0.6) is 11.5 Å². The van der Waals surface area contributed by atoms with Crippen molar-refractivity contribution in [1.82, 2.24) is 10.3 Å². The monoisotopic (exact) mass is 431 g/mol. The third kappa shape index (κ3) is 5.71. The van der Waals surface area contributed by atoms with Gasteiger partial charge < -0.3 is 19.7 Å². The van der Waals surface area contributed by atoms with Crippen LogP contribution in [0.25, 0.3) is 0 Å². The van der Waals surface area contributed by atoms with Gasteiger partial charge in [0.15, 0.2) is 11.5 Å². The van der Waals surface area contributed by atoms with Crippen LogP contribution >= 0.6 is 0 Å². The van der Waals surface area contributed by atoms with Crippen LogP contribution in [0.3, 0.4) is 0 Å². The Balaban J connectivity index is 1.51. The summed E-state index contributed by atoms with van der Waals surface area (Å²) in [7, 11) is 1.38. The van der Waals surface area contributed by atoms with E-state index in [1.807, 2.05) is 4.90 Å². The SMILES string of the molecule is COc1ccc(CNC2CCN(c3ccc(C(F)(F)F)cn3)CC2)cc1OC(F)F. The molecule has 30 heavy (non-hydrogen) atoms. The predicted octanol–water partition coefficient (Wildman–Crippen LogP) is 4.47. The zero-order chi connectivity index (χ0) is 21.7. The van der Waals surface area contributed by atoms with E-state index < -0.39 is 18.4 Å². The van der Waals surface area contributed by atoms with Crippen LogP contribution in [0, 0.1) is 0 Å². The number of anilines is 1. The van der Waals surface area contributed by atoms with Gasteiger partial charge in [0.25, 0.3) is 0 Å². The van der Waals surface area contributed by atoms with Crippen molar-refractivity contribution < 1.29 is 31.4 Å². The lowest BCUT2D eigenvalue weighted by atomic mass is 10.0. The van der Waals surface area contributed by atoms with E-state index in [2.05, 4.69) is 15.0 Å². The Morgan fingerprint density at radius 2 is 1.87 bits per heavy atom. The lowest BCUT2D eigenvalue weighted by molar-refractivity contribution is -0.137. The molecular weight excluding hydrogens is 409 g/mol. The van der Waals surface area contributed by atoms with Gasteiger partial charge in [-0.25, -0.2) is 4.98 Å². The Bertz CT molecular complexity index is 822. The molecule has 2 aromatic rings. The van der Waals surface area contributed by atoms with Gasteiger partial charge in [0, 0.05) is 31.9 Å². The van der Waals surface area contributed by atoms with Gasteiger partial charge in [-0.3, -0.25) is 0 Å². The fraction of sp³-hybridized carbons (Fsp3) is 0.450. The summed E-state index contributed by atoms with van der Waals surface area (Å²) in [5.41, 5.74) is 0.00997. The Morgan fingerprint density at radius 1 is 1.13 bits per heavy atom. The molecule has 1 aromatic carbocycles. The number of ether oxygens (including phenoxy) is 2. The largest absolute Gasteiger partial charge is 0.493 e. The molecule has 5 nitrogen and oxygen atoms in total. The van der Waals surface area contributed by atoms with Crippen LogP contribution in [-0.4, -0.2) is 37.8 Å². The molecule has 164 valence electrons. The number of nitrogens with one attached hydrogen (secondary N) is 1. The lowest BCUT2D eigenvalue weighted by Crippen LogP contribution is -2.42. The van der Waals surface area contributed by atoms with Gasteiger partial charge in [0.05, 0.1) is 12.7 Å². The highest BCUT2D eigenvalue weighted by Crippen LogP contribution is 2.31. The van der Waals surface area contributed by atoms with Crippen LogP contribution in [0.4, 0.5) is 27.8 Å². The van der Waals surface area contributed by atoms with Crippen LogP contribution in [0.2, 0.25) is 0 Å². The molecule has 1 saturated heterocycles. The number of halogens is 5. The fourth-order valence-corrected chi connectivity index (χ4v) is 3.33. The lowest BCUT2D eigenvalue weighted by Gasteiger charge is -2.33. The van der Waals surface area contributed by atoms with Crippen molar-refractivity contribution in [1.29, 1.82) is 0 Å². The molecule has 0 unspecified atom stereocenters. The molecule has 1 fully saturated rings. The fourth-order valence-electron chi connectivity index (χ4n) is 3.33. The average molecular weight is 431 g/mol. The van der Waals surface area contributed by atoms with Crippen LogP contribution in [-0.2, 0) is 12.7 Å². The van der Waals surface area contributed by atoms with E-state index in [0.717, 1.165) is 30.7 Å². The second-order valence-corrected chi connectivity index (χ2v) is 6.91. The highest BCUT2D eigenvalue weighted by atomic mass is 19.4. The van der Waals surface area contributed by atoms with E-state index in [9.17, 15) is 22.0 Å². The number of piperidine rings is 1. The number of benzene rings is 1. The van der Waals surface area contributed by atoms with Crippen molar-refractivity contribution in [2.75, 3.05) is 25.1 Å². The normalized spacial score (nSPS) is 15.5. The number of hydrogen-bond donors (Lipinski definition) is 1. The maximum Gasteiger partial charge on any atom is 0.417 e. The zero-order valence-corrected chi connectivity index (χ0v) is 16.3. The van der Waals surface area contributed by atoms with Gasteiger partial charge >= 0.3 is 12.8 Å². The first kappa shape index (κ1) is 22.1. The summed E-state index contributed by atoms with van der Waals surface area (Å²) < 4.78 is 72.6. The molecule has 0 atom stereocenters. The van der Waals surface area contributed by atoms with E-state index in [0.29, 0.717) is 25.5 Å². The molecule has 2 heterocycles. The van der Waals surface area contributed by atoms with Crippen molar-refractivity contribution in [2.45, 2.75) is 38.2 Å². The Hall–Kier alpha value is -2.62. The molecule has 0 spiro atoms. The van der Waals surface area contributed by atoms with Crippen LogP contribution < -0.4 is 19.7 Å². The minimum atomic E-state index is -4.40. The zero-order valence-electron chi connectivity index (χ0n) is 16.3. The number of alkyl halides is 5. The number of rotatable bonds is 7. The Morgan fingerprint density at radius 3 is 2.43 bits per heavy atom. The smallest absolute Gasteiger partial charge is 0.417 e. The van der Waals surface area contributed by atoms with Gasteiger partial charge in [-0.15, -0.1) is 0 Å². The molecule has 0 amide bonds. The van der Waals surface area contributed by atoms with E-state index in [1.54, 1.807) is 12.1 Å². The first-order valence-electron chi connectivity index (χ1n) is 9.39. The second-order valence-electron chi connectivity index (χ2n) is 6.91. The molecule has 0 bridgehead atoms. The molecule has 0 saturated carbocycles. The van der Waals surface area contributed by atoms with Crippen molar-refractivity contribution in [2.24, 2.45) is 0 Å². The summed E-state index contributed by atoms with van der Waals surface area (Å²) in [6.07, 6.45) is -2.00. The summed E-state index contributed by atoms with van der Waals surface area (Å²) >= 11 is 0. The minimum Gasteiger partial charge on any atom is -0.493 e. The summed E-state index contributed by atoms with van der Waals surface area (Å²) in [5, 5.41) is 3.38. The summed E-state index contributed by atoms with van der Waals surface area (Å²) in [5.74, 6) is 0.733. The molecule has 1 aromatic heterocycles. The molecule has 1 aliphatic rings. The Labute approximate surface area is 170 Å². The number of pyridine rings is 1. The third-order valence-corrected chi connectivity index (χ3v) is 4.93. The molecule has 10 heteroatoms. The van der Waals surface area contributed by atoms with Crippen molar-refractivity contribution in [3.63, 3.8) is 0 Å². The van der Waals surface area contributed by atoms with Gasteiger partial charge in [0.1, 0.15) is 5.82 Å². The number of nitrogens with zero attached hydrogens (tertiary/aromatic N) is 2. The Kier molecular flexibility index (Phi) is 6.96. The van der Waals surface area contributed by atoms with Crippen LogP contribution in [0.15, 0.2) is 36.5 Å². The highest BCUT2D eigenvalue weighted by molar-refractivity contribution is 5.43. The standard InChI is InChI=1S/C20H22F5N3O2/c1-29-16-4-2-13(10-17(16)30-19(21)22)11-26-15-6-8-28(9-7-15)18-5-3-14(12-27-18)20(23,24)25/h2-5,10,12,15,19,26H,6-9,11H2,1H3. The first-order chi connectivity index (χ1) is 14.3. The van der Waals surface area contributed by atoms with Gasteiger partial charge in [-0.2, -0.15) is 22.0 Å². The summed E-state index contributed by atoms with van der Waals surface area (Å²) in [6, 6.07) is 7.48. The van der Waals surface area contributed by atoms with E-state index >= 15 is 0 Å². The molecule has 1 aliphatic heterocycles. The minimum absolute atomic E-state index is 0.0185. The molecule has 1 N–H and O–H groups in total. The van der Waals surface area contributed by atoms with E-state index in [-0.39, 0.29) is 17.5 Å². The maximum atomic E-state index is 12.7. The highest BCUT2D eigenvalue weighted by Gasteiger charge is 2.31. The predicted molar refractivity (Wildman–Crippen MR) is 101 cm³/mol. The summed E-state index contributed by atoms with van der Waals surface area (Å²) in [6.45, 7) is -1.17. The molecule has 0 aliphatic carbocycles. The topological polar surface area (TPSA) is 46.6 Å². The first-order valence-corrected chi connectivity index (χ1v) is 9.39. The van der Waals surface area contributed by atoms with Crippen LogP contribution in [0.1, 0.15) is 24.0 Å². The number of hydrogen-bond acceptors (Lipinski definition) is 5.